The minimum absolute atomic E-state index is 0.435. The number of nitrogens with zero attached hydrogens (tertiary/aromatic N) is 2. The molecule has 2 aromatic carbocycles. The highest BCUT2D eigenvalue weighted by molar-refractivity contribution is 5.54. The van der Waals surface area contributed by atoms with E-state index in [-0.39, 0.29) is 0 Å². The minimum Gasteiger partial charge on any atom is -0.342 e. The fourth-order valence-corrected chi connectivity index (χ4v) is 2.58. The first-order valence-corrected chi connectivity index (χ1v) is 7.58. The maximum atomic E-state index is 5.89. The number of aromatic nitrogens is 2. The molecule has 0 saturated heterocycles. The molecule has 0 spiro atoms. The van der Waals surface area contributed by atoms with Crippen LogP contribution in [0.1, 0.15) is 23.1 Å². The summed E-state index contributed by atoms with van der Waals surface area (Å²) in [6.45, 7) is 0.986. The van der Waals surface area contributed by atoms with Crippen molar-refractivity contribution in [2.75, 3.05) is 0 Å². The smallest absolute Gasteiger partial charge is 0.202 e. The van der Waals surface area contributed by atoms with Gasteiger partial charge in [0.2, 0.25) is 6.29 Å². The second-order valence-electron chi connectivity index (χ2n) is 5.41. The normalized spacial score (nSPS) is 16.3. The second-order valence-corrected chi connectivity index (χ2v) is 5.41. The molecule has 4 nitrogen and oxygen atoms in total. The third kappa shape index (κ3) is 2.99. The molecule has 0 radical (unpaired) electrons. The Morgan fingerprint density at radius 2 is 1.74 bits per heavy atom. The maximum absolute atomic E-state index is 5.89. The molecule has 1 aliphatic heterocycles. The number of hydrogen-bond donors (Lipinski definition) is 0. The molecule has 2 heterocycles. The van der Waals surface area contributed by atoms with Crippen LogP contribution in [0.4, 0.5) is 0 Å². The van der Waals surface area contributed by atoms with E-state index in [0.717, 1.165) is 22.4 Å². The second kappa shape index (κ2) is 6.28. The molecular formula is C19H16N2O2. The van der Waals surface area contributed by atoms with Gasteiger partial charge in [0.25, 0.3) is 0 Å². The molecule has 0 unspecified atom stereocenters. The van der Waals surface area contributed by atoms with E-state index in [9.17, 15) is 0 Å². The Balaban J connectivity index is 1.55. The zero-order valence-corrected chi connectivity index (χ0v) is 12.6. The van der Waals surface area contributed by atoms with E-state index >= 15 is 0 Å². The Morgan fingerprint density at radius 1 is 1.00 bits per heavy atom. The average molecular weight is 304 g/mol. The van der Waals surface area contributed by atoms with Crippen LogP contribution in [0.25, 0.3) is 11.4 Å². The van der Waals surface area contributed by atoms with Crippen LogP contribution < -0.4 is 0 Å². The molecule has 1 aliphatic rings. The molecule has 3 aromatic rings. The predicted molar refractivity (Wildman–Crippen MR) is 86.2 cm³/mol. The molecule has 0 N–H and O–H groups in total. The van der Waals surface area contributed by atoms with E-state index in [0.29, 0.717) is 19.0 Å². The Bertz CT molecular complexity index is 791. The lowest BCUT2D eigenvalue weighted by atomic mass is 10.2. The summed E-state index contributed by atoms with van der Waals surface area (Å²) in [5.74, 6) is 0.697. The van der Waals surface area contributed by atoms with Gasteiger partial charge in [-0.2, -0.15) is 0 Å². The van der Waals surface area contributed by atoms with Crippen LogP contribution >= 0.6 is 0 Å². The lowest BCUT2D eigenvalue weighted by Gasteiger charge is -2.12. The number of fused-ring (bicyclic) bond motifs is 1. The first kappa shape index (κ1) is 14.1. The zero-order valence-electron chi connectivity index (χ0n) is 12.6. The van der Waals surface area contributed by atoms with Crippen molar-refractivity contribution in [3.8, 4) is 11.4 Å². The van der Waals surface area contributed by atoms with Gasteiger partial charge in [0.05, 0.1) is 13.2 Å². The molecule has 0 amide bonds. The van der Waals surface area contributed by atoms with Gasteiger partial charge in [0.15, 0.2) is 5.82 Å². The molecule has 1 aromatic heterocycles. The highest BCUT2D eigenvalue weighted by atomic mass is 16.7. The van der Waals surface area contributed by atoms with Gasteiger partial charge >= 0.3 is 0 Å². The third-order valence-corrected chi connectivity index (χ3v) is 3.79. The van der Waals surface area contributed by atoms with Crippen molar-refractivity contribution in [1.29, 1.82) is 0 Å². The van der Waals surface area contributed by atoms with Gasteiger partial charge in [-0.3, -0.25) is 0 Å². The lowest BCUT2D eigenvalue weighted by Crippen LogP contribution is -2.05. The monoisotopic (exact) mass is 304 g/mol. The highest BCUT2D eigenvalue weighted by Crippen LogP contribution is 2.31. The Kier molecular flexibility index (Phi) is 3.84. The van der Waals surface area contributed by atoms with Gasteiger partial charge in [-0.1, -0.05) is 60.7 Å². The van der Waals surface area contributed by atoms with Crippen molar-refractivity contribution >= 4 is 0 Å². The molecule has 4 heteroatoms. The molecule has 0 bridgehead atoms. The standard InChI is InChI=1S/C19H16N2O2/c1-3-7-14(8-4-1)12-22-19-17-16(13-23-19)11-20-18(21-17)15-9-5-2-6-10-15/h1-11,19H,12-13H2/t19-/m0/s1. The molecule has 23 heavy (non-hydrogen) atoms. The average Bonchev–Trinajstić information content (AvgIpc) is 3.04. The minimum atomic E-state index is -0.435. The van der Waals surface area contributed by atoms with Gasteiger partial charge in [-0.05, 0) is 5.56 Å². The van der Waals surface area contributed by atoms with E-state index in [1.165, 1.54) is 0 Å². The van der Waals surface area contributed by atoms with Crippen LogP contribution in [0.5, 0.6) is 0 Å². The summed E-state index contributed by atoms with van der Waals surface area (Å²) in [6.07, 6.45) is 1.40. The van der Waals surface area contributed by atoms with Gasteiger partial charge in [0, 0.05) is 17.3 Å². The van der Waals surface area contributed by atoms with Crippen LogP contribution in [0, 0.1) is 0 Å². The summed E-state index contributed by atoms with van der Waals surface area (Å²) in [4.78, 5) is 9.08. The van der Waals surface area contributed by atoms with Gasteiger partial charge < -0.3 is 9.47 Å². The van der Waals surface area contributed by atoms with Crippen molar-refractivity contribution in [2.24, 2.45) is 0 Å². The maximum Gasteiger partial charge on any atom is 0.202 e. The van der Waals surface area contributed by atoms with Gasteiger partial charge in [-0.15, -0.1) is 0 Å². The molecule has 114 valence electrons. The zero-order chi connectivity index (χ0) is 15.5. The van der Waals surface area contributed by atoms with E-state index in [1.807, 2.05) is 66.9 Å². The molecular weight excluding hydrogens is 288 g/mol. The van der Waals surface area contributed by atoms with Crippen LogP contribution in [0.3, 0.4) is 0 Å². The molecule has 0 fully saturated rings. The van der Waals surface area contributed by atoms with Crippen molar-refractivity contribution in [2.45, 2.75) is 19.5 Å². The Hall–Kier alpha value is -2.56. The van der Waals surface area contributed by atoms with Gasteiger partial charge in [-0.25, -0.2) is 9.97 Å². The van der Waals surface area contributed by atoms with E-state index < -0.39 is 6.29 Å². The largest absolute Gasteiger partial charge is 0.342 e. The number of rotatable bonds is 4. The van der Waals surface area contributed by atoms with Crippen molar-refractivity contribution in [3.63, 3.8) is 0 Å². The SMILES string of the molecule is c1ccc(CO[C@H]2OCc3cnc(-c4ccccc4)nc32)cc1. The Morgan fingerprint density at radius 3 is 2.52 bits per heavy atom. The predicted octanol–water partition coefficient (Wildman–Crippen LogP) is 3.89. The molecule has 4 rings (SSSR count). The highest BCUT2D eigenvalue weighted by Gasteiger charge is 2.26. The Labute approximate surface area is 134 Å². The summed E-state index contributed by atoms with van der Waals surface area (Å²) in [5.41, 5.74) is 3.92. The summed E-state index contributed by atoms with van der Waals surface area (Å²) in [6, 6.07) is 20.0. The summed E-state index contributed by atoms with van der Waals surface area (Å²) < 4.78 is 11.6. The topological polar surface area (TPSA) is 44.2 Å². The van der Waals surface area contributed by atoms with E-state index in [4.69, 9.17) is 9.47 Å². The molecule has 0 aliphatic carbocycles. The van der Waals surface area contributed by atoms with E-state index in [1.54, 1.807) is 0 Å². The van der Waals surface area contributed by atoms with E-state index in [2.05, 4.69) is 9.97 Å². The molecule has 1 atom stereocenters. The van der Waals surface area contributed by atoms with Crippen LogP contribution in [-0.2, 0) is 22.7 Å². The number of hydrogen-bond acceptors (Lipinski definition) is 4. The molecule has 0 saturated carbocycles. The summed E-state index contributed by atoms with van der Waals surface area (Å²) in [7, 11) is 0. The first-order valence-electron chi connectivity index (χ1n) is 7.58. The summed E-state index contributed by atoms with van der Waals surface area (Å²) >= 11 is 0. The summed E-state index contributed by atoms with van der Waals surface area (Å²) in [5, 5.41) is 0. The van der Waals surface area contributed by atoms with Gasteiger partial charge in [0.1, 0.15) is 5.69 Å². The quantitative estimate of drug-likeness (QED) is 0.733. The van der Waals surface area contributed by atoms with Crippen molar-refractivity contribution in [3.05, 3.63) is 83.7 Å². The van der Waals surface area contributed by atoms with Crippen LogP contribution in [0.15, 0.2) is 66.9 Å². The van der Waals surface area contributed by atoms with Crippen molar-refractivity contribution in [1.82, 2.24) is 9.97 Å². The fourth-order valence-electron chi connectivity index (χ4n) is 2.58. The van der Waals surface area contributed by atoms with Crippen LogP contribution in [0.2, 0.25) is 0 Å². The number of ether oxygens (including phenoxy) is 2. The first-order chi connectivity index (χ1) is 11.4. The third-order valence-electron chi connectivity index (χ3n) is 3.79. The number of benzene rings is 2. The lowest BCUT2D eigenvalue weighted by molar-refractivity contribution is -0.147. The van der Waals surface area contributed by atoms with Crippen molar-refractivity contribution < 1.29 is 9.47 Å². The fraction of sp³-hybridized carbons (Fsp3) is 0.158. The van der Waals surface area contributed by atoms with Crippen LogP contribution in [-0.4, -0.2) is 9.97 Å².